The van der Waals surface area contributed by atoms with E-state index in [1.165, 1.54) is 35.9 Å². The lowest BCUT2D eigenvalue weighted by molar-refractivity contribution is -0.148. The van der Waals surface area contributed by atoms with Crippen LogP contribution in [0.4, 0.5) is 4.79 Å². The third-order valence-electron chi connectivity index (χ3n) is 6.62. The van der Waals surface area contributed by atoms with E-state index in [1.54, 1.807) is 11.0 Å². The molecule has 0 saturated heterocycles. The first-order valence-electron chi connectivity index (χ1n) is 12.6. The van der Waals surface area contributed by atoms with Crippen molar-refractivity contribution in [2.45, 2.75) is 59.2 Å². The monoisotopic (exact) mass is 501 g/mol. The standard InChI is InChI=1S/C30H35N3O4/c1-20-17-32(29(36)31(6)21(2)34)19-26-28(20)24-9-7-8-10-25(24)33(26)18-23-13-11-22(12-14-23)15-16-27(35)37-30(3,4)5/h7-16,20H,17-19H2,1-6H3/b16-15+. The Bertz CT molecular complexity index is 1360. The van der Waals surface area contributed by atoms with Gasteiger partial charge in [0, 0.05) is 55.7 Å². The van der Waals surface area contributed by atoms with Crippen molar-refractivity contribution in [2.75, 3.05) is 13.6 Å². The fraction of sp³-hybridized carbons (Fsp3) is 0.367. The van der Waals surface area contributed by atoms with E-state index in [0.29, 0.717) is 19.6 Å². The minimum absolute atomic E-state index is 0.138. The number of urea groups is 1. The van der Waals surface area contributed by atoms with Crippen molar-refractivity contribution in [3.05, 3.63) is 77.0 Å². The molecule has 0 spiro atoms. The van der Waals surface area contributed by atoms with Crippen LogP contribution >= 0.6 is 0 Å². The van der Waals surface area contributed by atoms with Crippen molar-refractivity contribution in [3.8, 4) is 0 Å². The van der Waals surface area contributed by atoms with E-state index in [0.717, 1.165) is 22.3 Å². The lowest BCUT2D eigenvalue weighted by Crippen LogP contribution is -2.46. The molecule has 7 heteroatoms. The number of amides is 3. The Morgan fingerprint density at radius 3 is 2.41 bits per heavy atom. The number of hydrogen-bond acceptors (Lipinski definition) is 4. The molecule has 1 atom stereocenters. The molecule has 37 heavy (non-hydrogen) atoms. The highest BCUT2D eigenvalue weighted by atomic mass is 16.6. The summed E-state index contributed by atoms with van der Waals surface area (Å²) in [6.45, 7) is 10.7. The number of esters is 1. The van der Waals surface area contributed by atoms with Gasteiger partial charge in [-0.15, -0.1) is 0 Å². The molecule has 194 valence electrons. The maximum Gasteiger partial charge on any atom is 0.331 e. The van der Waals surface area contributed by atoms with Crippen molar-refractivity contribution in [3.63, 3.8) is 0 Å². The largest absolute Gasteiger partial charge is 0.457 e. The average molecular weight is 502 g/mol. The molecule has 1 aliphatic heterocycles. The molecule has 7 nitrogen and oxygen atoms in total. The highest BCUT2D eigenvalue weighted by molar-refractivity contribution is 5.93. The summed E-state index contributed by atoms with van der Waals surface area (Å²) >= 11 is 0. The molecule has 0 saturated carbocycles. The fourth-order valence-corrected chi connectivity index (χ4v) is 4.86. The quantitative estimate of drug-likeness (QED) is 0.347. The topological polar surface area (TPSA) is 71.9 Å². The molecule has 4 rings (SSSR count). The fourth-order valence-electron chi connectivity index (χ4n) is 4.86. The minimum atomic E-state index is -0.525. The lowest BCUT2D eigenvalue weighted by atomic mass is 9.93. The summed E-state index contributed by atoms with van der Waals surface area (Å²) in [5.74, 6) is -0.505. The number of aromatic nitrogens is 1. The molecule has 2 aromatic carbocycles. The van der Waals surface area contributed by atoms with Gasteiger partial charge in [0.15, 0.2) is 0 Å². The number of rotatable bonds is 4. The Balaban J connectivity index is 1.61. The van der Waals surface area contributed by atoms with Gasteiger partial charge >= 0.3 is 12.0 Å². The van der Waals surface area contributed by atoms with E-state index in [2.05, 4.69) is 35.8 Å². The Morgan fingerprint density at radius 1 is 1.08 bits per heavy atom. The van der Waals surface area contributed by atoms with Gasteiger partial charge in [-0.2, -0.15) is 0 Å². The van der Waals surface area contributed by atoms with Crippen molar-refractivity contribution < 1.29 is 19.1 Å². The Labute approximate surface area is 218 Å². The van der Waals surface area contributed by atoms with Crippen molar-refractivity contribution in [1.82, 2.24) is 14.4 Å². The van der Waals surface area contributed by atoms with Gasteiger partial charge in [-0.25, -0.2) is 9.59 Å². The first-order valence-corrected chi connectivity index (χ1v) is 12.6. The van der Waals surface area contributed by atoms with Crippen LogP contribution in [0.25, 0.3) is 17.0 Å². The Kier molecular flexibility index (Phi) is 7.25. The summed E-state index contributed by atoms with van der Waals surface area (Å²) in [6.07, 6.45) is 3.20. The zero-order valence-corrected chi connectivity index (χ0v) is 22.4. The number of carbonyl (C=O) groups excluding carboxylic acids is 3. The van der Waals surface area contributed by atoms with Crippen molar-refractivity contribution >= 4 is 34.9 Å². The molecule has 2 heterocycles. The van der Waals surface area contributed by atoms with Gasteiger partial charge in [0.05, 0.1) is 6.54 Å². The van der Waals surface area contributed by atoms with E-state index in [1.807, 2.05) is 45.0 Å². The van der Waals surface area contributed by atoms with E-state index in [4.69, 9.17) is 4.74 Å². The van der Waals surface area contributed by atoms with Crippen LogP contribution in [0, 0.1) is 0 Å². The molecule has 1 aliphatic rings. The van der Waals surface area contributed by atoms with Crippen LogP contribution in [0.15, 0.2) is 54.6 Å². The van der Waals surface area contributed by atoms with Gasteiger partial charge in [-0.05, 0) is 49.6 Å². The molecule has 3 amide bonds. The molecule has 3 aromatic rings. The number of ether oxygens (including phenoxy) is 1. The molecular weight excluding hydrogens is 466 g/mol. The minimum Gasteiger partial charge on any atom is -0.457 e. The van der Waals surface area contributed by atoms with Crippen LogP contribution in [0.2, 0.25) is 0 Å². The van der Waals surface area contributed by atoms with E-state index >= 15 is 0 Å². The molecule has 0 fully saturated rings. The van der Waals surface area contributed by atoms with Crippen LogP contribution < -0.4 is 0 Å². The van der Waals surface area contributed by atoms with E-state index < -0.39 is 5.60 Å². The number of nitrogens with zero attached hydrogens (tertiary/aromatic N) is 3. The van der Waals surface area contributed by atoms with Gasteiger partial charge in [-0.3, -0.25) is 9.69 Å². The van der Waals surface area contributed by atoms with E-state index in [-0.39, 0.29) is 23.8 Å². The van der Waals surface area contributed by atoms with E-state index in [9.17, 15) is 14.4 Å². The summed E-state index contributed by atoms with van der Waals surface area (Å²) in [5, 5.41) is 1.20. The van der Waals surface area contributed by atoms with Gasteiger partial charge in [-0.1, -0.05) is 49.4 Å². The smallest absolute Gasteiger partial charge is 0.331 e. The molecular formula is C30H35N3O4. The zero-order valence-electron chi connectivity index (χ0n) is 22.4. The summed E-state index contributed by atoms with van der Waals surface area (Å²) in [5.41, 5.74) is 4.98. The van der Waals surface area contributed by atoms with Crippen molar-refractivity contribution in [2.24, 2.45) is 0 Å². The zero-order chi connectivity index (χ0) is 26.9. The van der Waals surface area contributed by atoms with Gasteiger partial charge in [0.25, 0.3) is 0 Å². The van der Waals surface area contributed by atoms with Crippen LogP contribution in [0.3, 0.4) is 0 Å². The van der Waals surface area contributed by atoms with Crippen LogP contribution in [-0.4, -0.2) is 51.5 Å². The second-order valence-corrected chi connectivity index (χ2v) is 10.7. The normalized spacial score (nSPS) is 15.6. The first-order chi connectivity index (χ1) is 17.4. The van der Waals surface area contributed by atoms with Gasteiger partial charge in [0.2, 0.25) is 5.91 Å². The highest BCUT2D eigenvalue weighted by Gasteiger charge is 2.32. The summed E-state index contributed by atoms with van der Waals surface area (Å²) < 4.78 is 7.61. The molecule has 1 aromatic heterocycles. The maximum atomic E-state index is 13.0. The number of hydrogen-bond donors (Lipinski definition) is 0. The molecule has 1 unspecified atom stereocenters. The van der Waals surface area contributed by atoms with Crippen molar-refractivity contribution in [1.29, 1.82) is 0 Å². The summed E-state index contributed by atoms with van der Waals surface area (Å²) in [6, 6.07) is 16.1. The number of para-hydroxylation sites is 1. The Morgan fingerprint density at radius 2 is 1.76 bits per heavy atom. The third-order valence-corrected chi connectivity index (χ3v) is 6.62. The maximum absolute atomic E-state index is 13.0. The number of benzene rings is 2. The number of carbonyl (C=O) groups is 3. The summed E-state index contributed by atoms with van der Waals surface area (Å²) in [4.78, 5) is 39.7. The molecule has 0 radical (unpaired) electrons. The second kappa shape index (κ2) is 10.2. The van der Waals surface area contributed by atoms with Crippen LogP contribution in [0.5, 0.6) is 0 Å². The summed E-state index contributed by atoms with van der Waals surface area (Å²) in [7, 11) is 1.53. The number of imide groups is 1. The van der Waals surface area contributed by atoms with Gasteiger partial charge < -0.3 is 14.2 Å². The first kappa shape index (κ1) is 26.2. The van der Waals surface area contributed by atoms with Crippen LogP contribution in [-0.2, 0) is 27.4 Å². The average Bonchev–Trinajstić information content (AvgIpc) is 3.15. The predicted molar refractivity (Wildman–Crippen MR) is 145 cm³/mol. The lowest BCUT2D eigenvalue weighted by Gasteiger charge is -2.34. The Hall–Kier alpha value is -3.87. The second-order valence-electron chi connectivity index (χ2n) is 10.7. The predicted octanol–water partition coefficient (Wildman–Crippen LogP) is 5.56. The molecule has 0 bridgehead atoms. The highest BCUT2D eigenvalue weighted by Crippen LogP contribution is 2.37. The molecule has 0 aliphatic carbocycles. The molecule has 0 N–H and O–H groups in total. The SMILES string of the molecule is CC(=O)N(C)C(=O)N1Cc2c(c3ccccc3n2Cc2ccc(/C=C/C(=O)OC(C)(C)C)cc2)C(C)C1. The third kappa shape index (κ3) is 5.77. The van der Waals surface area contributed by atoms with Gasteiger partial charge in [0.1, 0.15) is 5.60 Å². The van der Waals surface area contributed by atoms with Crippen LogP contribution in [0.1, 0.15) is 62.9 Å². The number of fused-ring (bicyclic) bond motifs is 3.